The number of benzene rings is 4. The molecule has 7 heteroatoms. The molecule has 0 aliphatic carbocycles. The number of para-hydroxylation sites is 1. The Morgan fingerprint density at radius 2 is 1.64 bits per heavy atom. The molecular weight excluding hydrogens is 493 g/mol. The summed E-state index contributed by atoms with van der Waals surface area (Å²) >= 11 is 12.2. The third kappa shape index (κ3) is 4.85. The van der Waals surface area contributed by atoms with Crippen LogP contribution in [0.2, 0.25) is 10.0 Å². The van der Waals surface area contributed by atoms with Crippen LogP contribution in [-0.4, -0.2) is 20.0 Å². The number of nitrogens with one attached hydrogen (secondary N) is 1. The van der Waals surface area contributed by atoms with Gasteiger partial charge in [-0.15, -0.1) is 0 Å². The molecule has 36 heavy (non-hydrogen) atoms. The van der Waals surface area contributed by atoms with E-state index in [-0.39, 0.29) is 12.1 Å². The van der Waals surface area contributed by atoms with Crippen molar-refractivity contribution in [2.75, 3.05) is 29.2 Å². The second-order valence-electron chi connectivity index (χ2n) is 8.77. The summed E-state index contributed by atoms with van der Waals surface area (Å²) in [4.78, 5) is 17.5. The largest absolute Gasteiger partial charge is 0.489 e. The number of hydrogen-bond donors (Lipinski definition) is 1. The molecular formula is C29H25Cl2N3O2. The van der Waals surface area contributed by atoms with Gasteiger partial charge >= 0.3 is 0 Å². The molecule has 1 aliphatic rings. The number of anilines is 3. The highest BCUT2D eigenvalue weighted by Gasteiger charge is 2.34. The van der Waals surface area contributed by atoms with Crippen molar-refractivity contribution in [3.8, 4) is 5.75 Å². The number of carbonyl (C=O) groups is 1. The van der Waals surface area contributed by atoms with Crippen molar-refractivity contribution in [1.29, 1.82) is 0 Å². The molecule has 4 aromatic carbocycles. The van der Waals surface area contributed by atoms with Crippen molar-refractivity contribution in [3.05, 3.63) is 118 Å². The normalized spacial score (nSPS) is 14.7. The summed E-state index contributed by atoms with van der Waals surface area (Å²) in [5, 5.41) is 4.70. The van der Waals surface area contributed by atoms with E-state index in [4.69, 9.17) is 27.9 Å². The van der Waals surface area contributed by atoms with E-state index in [0.717, 1.165) is 28.2 Å². The number of ether oxygens (including phenoxy) is 1. The molecule has 1 atom stereocenters. The first-order valence-electron chi connectivity index (χ1n) is 11.5. The van der Waals surface area contributed by atoms with Gasteiger partial charge in [0.05, 0.1) is 5.56 Å². The lowest BCUT2D eigenvalue weighted by atomic mass is 10.0. The van der Waals surface area contributed by atoms with Crippen molar-refractivity contribution in [1.82, 2.24) is 0 Å². The zero-order valence-corrected chi connectivity index (χ0v) is 21.4. The van der Waals surface area contributed by atoms with E-state index in [0.29, 0.717) is 28.0 Å². The Kier molecular flexibility index (Phi) is 6.77. The zero-order valence-electron chi connectivity index (χ0n) is 19.9. The Morgan fingerprint density at radius 1 is 0.917 bits per heavy atom. The lowest BCUT2D eigenvalue weighted by Crippen LogP contribution is -2.43. The molecule has 1 aliphatic heterocycles. The highest BCUT2D eigenvalue weighted by molar-refractivity contribution is 6.35. The van der Waals surface area contributed by atoms with Crippen LogP contribution in [0.1, 0.15) is 27.7 Å². The quantitative estimate of drug-likeness (QED) is 0.289. The summed E-state index contributed by atoms with van der Waals surface area (Å²) in [5.74, 6) is 0.652. The van der Waals surface area contributed by atoms with Gasteiger partial charge < -0.3 is 15.0 Å². The van der Waals surface area contributed by atoms with E-state index < -0.39 is 0 Å². The van der Waals surface area contributed by atoms with Gasteiger partial charge in [0.2, 0.25) is 0 Å². The summed E-state index contributed by atoms with van der Waals surface area (Å²) < 4.78 is 5.95. The van der Waals surface area contributed by atoms with E-state index in [2.05, 4.69) is 5.32 Å². The number of fused-ring (bicyclic) bond motifs is 1. The van der Waals surface area contributed by atoms with Crippen LogP contribution < -0.4 is 19.9 Å². The number of hydrogen-bond acceptors (Lipinski definition) is 4. The van der Waals surface area contributed by atoms with Crippen LogP contribution in [0.15, 0.2) is 91.0 Å². The number of amides is 1. The number of halogens is 2. The fourth-order valence-electron chi connectivity index (χ4n) is 4.21. The van der Waals surface area contributed by atoms with Crippen LogP contribution >= 0.6 is 23.2 Å². The third-order valence-electron chi connectivity index (χ3n) is 6.18. The second kappa shape index (κ2) is 10.1. The maximum absolute atomic E-state index is 13.6. The number of carbonyl (C=O) groups excluding carboxylic acids is 1. The van der Waals surface area contributed by atoms with Gasteiger partial charge in [-0.1, -0.05) is 53.5 Å². The topological polar surface area (TPSA) is 44.8 Å². The maximum Gasteiger partial charge on any atom is 0.262 e. The zero-order chi connectivity index (χ0) is 25.2. The SMILES string of the molecule is CN(C)c1ccc(N2C(=O)c3ccccc3NC2c2ccc(OCc3ccc(Cl)cc3Cl)cc2)cc1. The standard InChI is InChI=1S/C29H25Cl2N3O2/c1-33(2)22-11-13-23(14-12-22)34-28(32-27-6-4-3-5-25(27)29(34)35)19-8-15-24(16-9-19)36-18-20-7-10-21(30)17-26(20)31/h3-17,28,32H,18H2,1-2H3. The Morgan fingerprint density at radius 3 is 2.33 bits per heavy atom. The molecule has 1 unspecified atom stereocenters. The smallest absolute Gasteiger partial charge is 0.262 e. The van der Waals surface area contributed by atoms with Crippen LogP contribution in [0.4, 0.5) is 17.1 Å². The second-order valence-corrected chi connectivity index (χ2v) is 9.62. The average molecular weight is 518 g/mol. The van der Waals surface area contributed by atoms with Gasteiger partial charge in [0, 0.05) is 46.8 Å². The van der Waals surface area contributed by atoms with Crippen molar-refractivity contribution < 1.29 is 9.53 Å². The van der Waals surface area contributed by atoms with Crippen LogP contribution in [-0.2, 0) is 6.61 Å². The average Bonchev–Trinajstić information content (AvgIpc) is 2.88. The minimum atomic E-state index is -0.377. The van der Waals surface area contributed by atoms with E-state index in [1.807, 2.05) is 97.9 Å². The van der Waals surface area contributed by atoms with Gasteiger partial charge in [-0.25, -0.2) is 0 Å². The summed E-state index contributed by atoms with van der Waals surface area (Å²) in [6, 6.07) is 28.7. The Labute approximate surface area is 220 Å². The molecule has 0 saturated carbocycles. The van der Waals surface area contributed by atoms with Crippen molar-refractivity contribution in [2.24, 2.45) is 0 Å². The fourth-order valence-corrected chi connectivity index (χ4v) is 4.67. The molecule has 1 amide bonds. The van der Waals surface area contributed by atoms with Gasteiger partial charge in [-0.2, -0.15) is 0 Å². The lowest BCUT2D eigenvalue weighted by molar-refractivity contribution is 0.0975. The molecule has 0 radical (unpaired) electrons. The molecule has 182 valence electrons. The first kappa shape index (κ1) is 24.0. The van der Waals surface area contributed by atoms with E-state index in [1.165, 1.54) is 0 Å². The molecule has 0 fully saturated rings. The molecule has 0 aromatic heterocycles. The molecule has 5 nitrogen and oxygen atoms in total. The predicted molar refractivity (Wildman–Crippen MR) is 148 cm³/mol. The number of nitrogens with zero attached hydrogens (tertiary/aromatic N) is 2. The van der Waals surface area contributed by atoms with Gasteiger partial charge in [-0.3, -0.25) is 9.69 Å². The highest BCUT2D eigenvalue weighted by Crippen LogP contribution is 2.37. The van der Waals surface area contributed by atoms with E-state index in [9.17, 15) is 4.79 Å². The van der Waals surface area contributed by atoms with Gasteiger partial charge in [0.1, 0.15) is 18.5 Å². The third-order valence-corrected chi connectivity index (χ3v) is 6.76. The van der Waals surface area contributed by atoms with Crippen LogP contribution in [0.3, 0.4) is 0 Å². The molecule has 5 rings (SSSR count). The molecule has 0 spiro atoms. The minimum Gasteiger partial charge on any atom is -0.489 e. The van der Waals surface area contributed by atoms with E-state index in [1.54, 1.807) is 17.0 Å². The molecule has 0 bridgehead atoms. The first-order valence-corrected chi connectivity index (χ1v) is 12.3. The first-order chi connectivity index (χ1) is 17.4. The molecule has 1 N–H and O–H groups in total. The summed E-state index contributed by atoms with van der Waals surface area (Å²) in [5.41, 5.74) is 5.13. The van der Waals surface area contributed by atoms with E-state index >= 15 is 0 Å². The minimum absolute atomic E-state index is 0.0512. The van der Waals surface area contributed by atoms with Crippen molar-refractivity contribution in [2.45, 2.75) is 12.8 Å². The highest BCUT2D eigenvalue weighted by atomic mass is 35.5. The summed E-state index contributed by atoms with van der Waals surface area (Å²) in [6.45, 7) is 0.327. The fraction of sp³-hybridized carbons (Fsp3) is 0.138. The van der Waals surface area contributed by atoms with Gasteiger partial charge in [-0.05, 0) is 66.2 Å². The van der Waals surface area contributed by atoms with Crippen LogP contribution in [0.25, 0.3) is 0 Å². The predicted octanol–water partition coefficient (Wildman–Crippen LogP) is 7.41. The Bertz CT molecular complexity index is 1390. The monoisotopic (exact) mass is 517 g/mol. The summed E-state index contributed by atoms with van der Waals surface area (Å²) in [6.07, 6.45) is -0.377. The van der Waals surface area contributed by atoms with Crippen LogP contribution in [0, 0.1) is 0 Å². The maximum atomic E-state index is 13.6. The van der Waals surface area contributed by atoms with Gasteiger partial charge in [0.15, 0.2) is 0 Å². The Hall–Kier alpha value is -3.67. The Balaban J connectivity index is 1.42. The van der Waals surface area contributed by atoms with Gasteiger partial charge in [0.25, 0.3) is 5.91 Å². The van der Waals surface area contributed by atoms with Crippen LogP contribution in [0.5, 0.6) is 5.75 Å². The molecule has 1 heterocycles. The number of rotatable bonds is 6. The molecule has 0 saturated heterocycles. The summed E-state index contributed by atoms with van der Waals surface area (Å²) in [7, 11) is 3.98. The molecule has 4 aromatic rings. The lowest BCUT2D eigenvalue weighted by Gasteiger charge is -2.38. The van der Waals surface area contributed by atoms with Crippen molar-refractivity contribution in [3.63, 3.8) is 0 Å². The van der Waals surface area contributed by atoms with Crippen molar-refractivity contribution >= 4 is 46.2 Å².